The lowest BCUT2D eigenvalue weighted by Gasteiger charge is -2.28. The minimum absolute atomic E-state index is 0.0413. The van der Waals surface area contributed by atoms with Gasteiger partial charge in [0.05, 0.1) is 34.9 Å². The SMILES string of the molecule is NS(=O)(=O)c1ccc(Cl)c(NC2COC2)c1. The Hall–Kier alpha value is -0.820. The summed E-state index contributed by atoms with van der Waals surface area (Å²) in [4.78, 5) is 0.0413. The molecule has 0 spiro atoms. The van der Waals surface area contributed by atoms with Gasteiger partial charge in [-0.05, 0) is 18.2 Å². The van der Waals surface area contributed by atoms with Gasteiger partial charge in [-0.1, -0.05) is 11.6 Å². The molecule has 3 N–H and O–H groups in total. The molecule has 16 heavy (non-hydrogen) atoms. The summed E-state index contributed by atoms with van der Waals surface area (Å²) in [6.07, 6.45) is 0. The van der Waals surface area contributed by atoms with Crippen LogP contribution >= 0.6 is 11.6 Å². The van der Waals surface area contributed by atoms with E-state index in [1.54, 1.807) is 0 Å². The molecule has 0 saturated carbocycles. The first kappa shape index (κ1) is 11.7. The second-order valence-electron chi connectivity index (χ2n) is 3.57. The van der Waals surface area contributed by atoms with Crippen molar-refractivity contribution >= 4 is 27.3 Å². The van der Waals surface area contributed by atoms with Crippen LogP contribution in [0.25, 0.3) is 0 Å². The third-order valence-electron chi connectivity index (χ3n) is 2.26. The van der Waals surface area contributed by atoms with E-state index in [-0.39, 0.29) is 10.9 Å². The minimum Gasteiger partial charge on any atom is -0.377 e. The summed E-state index contributed by atoms with van der Waals surface area (Å²) in [7, 11) is -3.70. The van der Waals surface area contributed by atoms with Crippen LogP contribution in [0.15, 0.2) is 23.1 Å². The van der Waals surface area contributed by atoms with Gasteiger partial charge in [-0.3, -0.25) is 0 Å². The number of hydrogen-bond acceptors (Lipinski definition) is 4. The molecule has 0 amide bonds. The molecule has 0 atom stereocenters. The molecule has 0 bridgehead atoms. The zero-order chi connectivity index (χ0) is 11.8. The predicted octanol–water partition coefficient (Wildman–Crippen LogP) is 0.798. The first-order valence-electron chi connectivity index (χ1n) is 4.63. The summed E-state index contributed by atoms with van der Waals surface area (Å²) in [6, 6.07) is 4.48. The second kappa shape index (κ2) is 4.21. The van der Waals surface area contributed by atoms with Crippen molar-refractivity contribution < 1.29 is 13.2 Å². The van der Waals surface area contributed by atoms with Crippen LogP contribution in [0.5, 0.6) is 0 Å². The van der Waals surface area contributed by atoms with Crippen molar-refractivity contribution in [2.75, 3.05) is 18.5 Å². The van der Waals surface area contributed by atoms with Crippen LogP contribution in [0, 0.1) is 0 Å². The molecule has 1 aliphatic heterocycles. The van der Waals surface area contributed by atoms with Crippen molar-refractivity contribution in [1.29, 1.82) is 0 Å². The zero-order valence-electron chi connectivity index (χ0n) is 8.31. The number of hydrogen-bond donors (Lipinski definition) is 2. The number of rotatable bonds is 3. The van der Waals surface area contributed by atoms with E-state index < -0.39 is 10.0 Å². The van der Waals surface area contributed by atoms with Crippen LogP contribution in [0.4, 0.5) is 5.69 Å². The molecule has 1 aliphatic rings. The molecule has 88 valence electrons. The molecule has 0 unspecified atom stereocenters. The largest absolute Gasteiger partial charge is 0.377 e. The molecular weight excluding hydrogens is 252 g/mol. The normalized spacial score (nSPS) is 16.9. The highest BCUT2D eigenvalue weighted by Gasteiger charge is 2.19. The number of anilines is 1. The van der Waals surface area contributed by atoms with Crippen molar-refractivity contribution in [1.82, 2.24) is 0 Å². The molecule has 0 aromatic heterocycles. The minimum atomic E-state index is -3.70. The summed E-state index contributed by atoms with van der Waals surface area (Å²) in [5.74, 6) is 0. The highest BCUT2D eigenvalue weighted by atomic mass is 35.5. The first-order valence-corrected chi connectivity index (χ1v) is 6.56. The molecule has 2 rings (SSSR count). The van der Waals surface area contributed by atoms with Crippen LogP contribution in [-0.2, 0) is 14.8 Å². The number of benzene rings is 1. The fraction of sp³-hybridized carbons (Fsp3) is 0.333. The molecule has 1 aromatic rings. The van der Waals surface area contributed by atoms with Crippen LogP contribution in [0.2, 0.25) is 5.02 Å². The Balaban J connectivity index is 2.28. The van der Waals surface area contributed by atoms with Crippen molar-refractivity contribution in [2.45, 2.75) is 10.9 Å². The molecule has 7 heteroatoms. The maximum Gasteiger partial charge on any atom is 0.238 e. The van der Waals surface area contributed by atoms with E-state index in [0.29, 0.717) is 23.9 Å². The van der Waals surface area contributed by atoms with Crippen molar-refractivity contribution in [2.24, 2.45) is 5.14 Å². The van der Waals surface area contributed by atoms with Gasteiger partial charge in [0.15, 0.2) is 0 Å². The monoisotopic (exact) mass is 262 g/mol. The molecular formula is C9H11ClN2O3S. The van der Waals surface area contributed by atoms with Crippen LogP contribution in [0.1, 0.15) is 0 Å². The van der Waals surface area contributed by atoms with E-state index in [0.717, 1.165) is 0 Å². The van der Waals surface area contributed by atoms with E-state index >= 15 is 0 Å². The Morgan fingerprint density at radius 2 is 2.12 bits per heavy atom. The Kier molecular flexibility index (Phi) is 3.07. The van der Waals surface area contributed by atoms with Gasteiger partial charge >= 0.3 is 0 Å². The molecule has 1 fully saturated rings. The summed E-state index contributed by atoms with van der Waals surface area (Å²) in [6.45, 7) is 1.19. The van der Waals surface area contributed by atoms with Gasteiger partial charge in [0.1, 0.15) is 0 Å². The third kappa shape index (κ3) is 2.46. The van der Waals surface area contributed by atoms with Gasteiger partial charge in [0.2, 0.25) is 10.0 Å². The number of primary sulfonamides is 1. The first-order chi connectivity index (χ1) is 7.47. The fourth-order valence-electron chi connectivity index (χ4n) is 1.33. The quantitative estimate of drug-likeness (QED) is 0.844. The van der Waals surface area contributed by atoms with E-state index in [1.807, 2.05) is 0 Å². The molecule has 0 aliphatic carbocycles. The van der Waals surface area contributed by atoms with Crippen molar-refractivity contribution in [3.8, 4) is 0 Å². The highest BCUT2D eigenvalue weighted by Crippen LogP contribution is 2.26. The average molecular weight is 263 g/mol. The smallest absolute Gasteiger partial charge is 0.238 e. The fourth-order valence-corrected chi connectivity index (χ4v) is 2.04. The second-order valence-corrected chi connectivity index (χ2v) is 5.53. The number of nitrogens with two attached hydrogens (primary N) is 1. The lowest BCUT2D eigenvalue weighted by atomic mass is 10.2. The lowest BCUT2D eigenvalue weighted by Crippen LogP contribution is -2.40. The van der Waals surface area contributed by atoms with Crippen LogP contribution < -0.4 is 10.5 Å². The van der Waals surface area contributed by atoms with Crippen molar-refractivity contribution in [3.63, 3.8) is 0 Å². The summed E-state index contributed by atoms with van der Waals surface area (Å²) in [5, 5.41) is 8.57. The van der Waals surface area contributed by atoms with Crippen LogP contribution in [0.3, 0.4) is 0 Å². The summed E-state index contributed by atoms with van der Waals surface area (Å²) < 4.78 is 27.3. The number of nitrogens with one attached hydrogen (secondary N) is 1. The van der Waals surface area contributed by atoms with Crippen LogP contribution in [-0.4, -0.2) is 27.7 Å². The van der Waals surface area contributed by atoms with Gasteiger partial charge in [0, 0.05) is 0 Å². The summed E-state index contributed by atoms with van der Waals surface area (Å²) >= 11 is 5.93. The van der Waals surface area contributed by atoms with E-state index in [9.17, 15) is 8.42 Å². The Morgan fingerprint density at radius 3 is 2.62 bits per heavy atom. The summed E-state index contributed by atoms with van der Waals surface area (Å²) in [5.41, 5.74) is 0.557. The maximum absolute atomic E-state index is 11.1. The van der Waals surface area contributed by atoms with Gasteiger partial charge in [-0.15, -0.1) is 0 Å². The number of sulfonamides is 1. The van der Waals surface area contributed by atoms with Crippen molar-refractivity contribution in [3.05, 3.63) is 23.2 Å². The van der Waals surface area contributed by atoms with E-state index in [4.69, 9.17) is 21.5 Å². The Bertz CT molecular complexity index is 499. The maximum atomic E-state index is 11.1. The number of halogens is 1. The van der Waals surface area contributed by atoms with E-state index in [2.05, 4.69) is 5.32 Å². The third-order valence-corrected chi connectivity index (χ3v) is 3.50. The number of ether oxygens (including phenoxy) is 1. The Morgan fingerprint density at radius 1 is 1.44 bits per heavy atom. The van der Waals surface area contributed by atoms with Gasteiger partial charge in [0.25, 0.3) is 0 Å². The van der Waals surface area contributed by atoms with Gasteiger partial charge < -0.3 is 10.1 Å². The zero-order valence-corrected chi connectivity index (χ0v) is 9.88. The Labute approximate surface area is 98.6 Å². The predicted molar refractivity (Wildman–Crippen MR) is 61.1 cm³/mol. The highest BCUT2D eigenvalue weighted by molar-refractivity contribution is 7.89. The molecule has 5 nitrogen and oxygen atoms in total. The van der Waals surface area contributed by atoms with E-state index in [1.165, 1.54) is 18.2 Å². The molecule has 0 radical (unpaired) electrons. The molecule has 1 saturated heterocycles. The van der Waals surface area contributed by atoms with Gasteiger partial charge in [-0.2, -0.15) is 0 Å². The average Bonchev–Trinajstić information content (AvgIpc) is 2.11. The topological polar surface area (TPSA) is 81.4 Å². The van der Waals surface area contributed by atoms with Gasteiger partial charge in [-0.25, -0.2) is 13.6 Å². The molecule has 1 aromatic carbocycles. The standard InChI is InChI=1S/C9H11ClN2O3S/c10-8-2-1-7(16(11,13)14)3-9(8)12-6-4-15-5-6/h1-3,6,12H,4-5H2,(H2,11,13,14). The lowest BCUT2D eigenvalue weighted by molar-refractivity contribution is 0.0211. The molecule has 1 heterocycles.